The van der Waals surface area contributed by atoms with E-state index in [1.54, 1.807) is 0 Å². The summed E-state index contributed by atoms with van der Waals surface area (Å²) >= 11 is 0. The third-order valence-corrected chi connectivity index (χ3v) is 3.23. The Hall–Kier alpha value is -1.59. The van der Waals surface area contributed by atoms with Crippen LogP contribution in [0.2, 0.25) is 0 Å². The van der Waals surface area contributed by atoms with Crippen LogP contribution in [0.3, 0.4) is 0 Å². The average Bonchev–Trinajstić information content (AvgIpc) is 2.61. The number of carboxylic acid groups (broad SMARTS) is 1. The smallest absolute Gasteiger partial charge is 0.405 e. The molecule has 1 heterocycles. The third kappa shape index (κ3) is 2.57. The highest BCUT2D eigenvalue weighted by molar-refractivity contribution is 5.66. The van der Waals surface area contributed by atoms with Gasteiger partial charge in [-0.25, -0.2) is 4.79 Å². The number of rotatable bonds is 3. The van der Waals surface area contributed by atoms with Crippen molar-refractivity contribution in [2.24, 2.45) is 5.73 Å². The molecule has 2 atom stereocenters. The fraction of sp³-hybridized carbons (Fsp3) is 0.417. The number of hydrogen-bond acceptors (Lipinski definition) is 3. The molecule has 0 aliphatic carbocycles. The van der Waals surface area contributed by atoms with E-state index in [-0.39, 0.29) is 6.04 Å². The first kappa shape index (κ1) is 11.9. The highest BCUT2D eigenvalue weighted by Crippen LogP contribution is 2.20. The number of nitrogens with one attached hydrogen (secondary N) is 2. The van der Waals surface area contributed by atoms with Crippen LogP contribution in [0.5, 0.6) is 0 Å². The summed E-state index contributed by atoms with van der Waals surface area (Å²) in [5.74, 6) is 0. The van der Waals surface area contributed by atoms with Crippen molar-refractivity contribution in [2.45, 2.75) is 18.0 Å². The lowest BCUT2D eigenvalue weighted by molar-refractivity contribution is 0.176. The second kappa shape index (κ2) is 4.73. The van der Waals surface area contributed by atoms with Gasteiger partial charge in [-0.3, -0.25) is 0 Å². The van der Waals surface area contributed by atoms with E-state index in [9.17, 15) is 4.79 Å². The Balaban J connectivity index is 2.19. The first-order valence-corrected chi connectivity index (χ1v) is 5.64. The molecular formula is C12H17N3O2. The number of benzene rings is 1. The standard InChI is InChI=1S/C12H17N3O2/c13-10-7-14-8-12(10,15-11(16)17)6-9-4-2-1-3-5-9/h1-5,10,14-15H,6-8,13H2,(H,16,17)/t10-,12-/m1/s1. The van der Waals surface area contributed by atoms with Gasteiger partial charge in [0.05, 0.1) is 5.54 Å². The summed E-state index contributed by atoms with van der Waals surface area (Å²) < 4.78 is 0. The topological polar surface area (TPSA) is 87.4 Å². The van der Waals surface area contributed by atoms with E-state index in [4.69, 9.17) is 10.8 Å². The second-order valence-corrected chi connectivity index (χ2v) is 4.49. The van der Waals surface area contributed by atoms with Gasteiger partial charge in [-0.15, -0.1) is 0 Å². The molecule has 1 amide bonds. The van der Waals surface area contributed by atoms with E-state index in [0.717, 1.165) is 5.56 Å². The first-order valence-electron chi connectivity index (χ1n) is 5.64. The predicted octanol–water partition coefficient (Wildman–Crippen LogP) is 0.166. The van der Waals surface area contributed by atoms with Crippen LogP contribution < -0.4 is 16.4 Å². The molecule has 17 heavy (non-hydrogen) atoms. The zero-order valence-electron chi connectivity index (χ0n) is 9.52. The van der Waals surface area contributed by atoms with Crippen LogP contribution in [0.1, 0.15) is 5.56 Å². The minimum Gasteiger partial charge on any atom is -0.465 e. The number of nitrogens with two attached hydrogens (primary N) is 1. The molecule has 5 N–H and O–H groups in total. The lowest BCUT2D eigenvalue weighted by Gasteiger charge is -2.32. The van der Waals surface area contributed by atoms with Crippen molar-refractivity contribution >= 4 is 6.09 Å². The molecule has 1 fully saturated rings. The van der Waals surface area contributed by atoms with Crippen molar-refractivity contribution in [3.63, 3.8) is 0 Å². The summed E-state index contributed by atoms with van der Waals surface area (Å²) in [4.78, 5) is 10.9. The maximum atomic E-state index is 10.9. The lowest BCUT2D eigenvalue weighted by atomic mass is 9.86. The zero-order valence-corrected chi connectivity index (χ0v) is 9.52. The van der Waals surface area contributed by atoms with Gasteiger partial charge in [0, 0.05) is 19.1 Å². The monoisotopic (exact) mass is 235 g/mol. The maximum absolute atomic E-state index is 10.9. The summed E-state index contributed by atoms with van der Waals surface area (Å²) in [5.41, 5.74) is 6.50. The van der Waals surface area contributed by atoms with Gasteiger partial charge < -0.3 is 21.5 Å². The van der Waals surface area contributed by atoms with Crippen LogP contribution in [0, 0.1) is 0 Å². The first-order chi connectivity index (χ1) is 8.12. The summed E-state index contributed by atoms with van der Waals surface area (Å²) in [6, 6.07) is 9.58. The van der Waals surface area contributed by atoms with Crippen LogP contribution in [0.4, 0.5) is 4.79 Å². The Labute approximate surface area is 100 Å². The molecule has 92 valence electrons. The largest absolute Gasteiger partial charge is 0.465 e. The van der Waals surface area contributed by atoms with Crippen LogP contribution >= 0.6 is 0 Å². The quantitative estimate of drug-likeness (QED) is 0.601. The van der Waals surface area contributed by atoms with E-state index >= 15 is 0 Å². The van der Waals surface area contributed by atoms with Crippen LogP contribution in [0.25, 0.3) is 0 Å². The van der Waals surface area contributed by atoms with Gasteiger partial charge in [0.25, 0.3) is 0 Å². The molecule has 0 unspecified atom stereocenters. The molecule has 2 rings (SSSR count). The average molecular weight is 235 g/mol. The van der Waals surface area contributed by atoms with Crippen LogP contribution in [0.15, 0.2) is 30.3 Å². The molecule has 1 aliphatic heterocycles. The van der Waals surface area contributed by atoms with E-state index in [0.29, 0.717) is 19.5 Å². The van der Waals surface area contributed by atoms with E-state index in [1.165, 1.54) is 0 Å². The Morgan fingerprint density at radius 3 is 2.76 bits per heavy atom. The minimum atomic E-state index is -1.03. The SMILES string of the molecule is N[C@@H]1CNC[C@@]1(Cc1ccccc1)NC(=O)O. The van der Waals surface area contributed by atoms with Crippen molar-refractivity contribution in [3.05, 3.63) is 35.9 Å². The molecule has 1 aliphatic rings. The number of hydrogen-bond donors (Lipinski definition) is 4. The Morgan fingerprint density at radius 1 is 1.53 bits per heavy atom. The molecule has 0 aromatic heterocycles. The van der Waals surface area contributed by atoms with Gasteiger partial charge >= 0.3 is 6.09 Å². The lowest BCUT2D eigenvalue weighted by Crippen LogP contribution is -2.60. The maximum Gasteiger partial charge on any atom is 0.405 e. The predicted molar refractivity (Wildman–Crippen MR) is 64.9 cm³/mol. The van der Waals surface area contributed by atoms with Crippen LogP contribution in [-0.4, -0.2) is 35.9 Å². The summed E-state index contributed by atoms with van der Waals surface area (Å²) in [7, 11) is 0. The molecule has 0 radical (unpaired) electrons. The zero-order chi connectivity index (χ0) is 12.3. The summed E-state index contributed by atoms with van der Waals surface area (Å²) in [5, 5.41) is 14.7. The molecule has 5 heteroatoms. The Kier molecular flexibility index (Phi) is 3.31. The Morgan fingerprint density at radius 2 is 2.24 bits per heavy atom. The van der Waals surface area contributed by atoms with Gasteiger partial charge in [-0.1, -0.05) is 30.3 Å². The fourth-order valence-corrected chi connectivity index (χ4v) is 2.32. The summed E-state index contributed by atoms with van der Waals surface area (Å²) in [6.45, 7) is 1.20. The molecular weight excluding hydrogens is 218 g/mol. The van der Waals surface area contributed by atoms with Gasteiger partial charge in [0.2, 0.25) is 0 Å². The molecule has 1 aromatic carbocycles. The minimum absolute atomic E-state index is 0.209. The van der Waals surface area contributed by atoms with E-state index < -0.39 is 11.6 Å². The summed E-state index contributed by atoms with van der Waals surface area (Å²) in [6.07, 6.45) is -0.422. The molecule has 1 saturated heterocycles. The molecule has 0 bridgehead atoms. The van der Waals surface area contributed by atoms with Crippen molar-refractivity contribution in [1.82, 2.24) is 10.6 Å². The van der Waals surface area contributed by atoms with Crippen molar-refractivity contribution in [2.75, 3.05) is 13.1 Å². The van der Waals surface area contributed by atoms with E-state index in [1.807, 2.05) is 30.3 Å². The normalized spacial score (nSPS) is 27.9. The van der Waals surface area contributed by atoms with Gasteiger partial charge in [0.15, 0.2) is 0 Å². The van der Waals surface area contributed by atoms with Gasteiger partial charge in [-0.05, 0) is 12.0 Å². The fourth-order valence-electron chi connectivity index (χ4n) is 2.32. The van der Waals surface area contributed by atoms with Gasteiger partial charge in [-0.2, -0.15) is 0 Å². The van der Waals surface area contributed by atoms with Crippen molar-refractivity contribution < 1.29 is 9.90 Å². The molecule has 0 saturated carbocycles. The van der Waals surface area contributed by atoms with E-state index in [2.05, 4.69) is 10.6 Å². The molecule has 5 nitrogen and oxygen atoms in total. The van der Waals surface area contributed by atoms with Crippen LogP contribution in [-0.2, 0) is 6.42 Å². The highest BCUT2D eigenvalue weighted by atomic mass is 16.4. The van der Waals surface area contributed by atoms with Crippen molar-refractivity contribution in [1.29, 1.82) is 0 Å². The molecule has 1 aromatic rings. The number of carbonyl (C=O) groups is 1. The molecule has 0 spiro atoms. The second-order valence-electron chi connectivity index (χ2n) is 4.49. The highest BCUT2D eigenvalue weighted by Gasteiger charge is 2.42. The van der Waals surface area contributed by atoms with Crippen molar-refractivity contribution in [3.8, 4) is 0 Å². The third-order valence-electron chi connectivity index (χ3n) is 3.23. The Bertz CT molecular complexity index is 396. The number of amides is 1. The van der Waals surface area contributed by atoms with Gasteiger partial charge in [0.1, 0.15) is 0 Å².